The minimum atomic E-state index is -0.365. The van der Waals surface area contributed by atoms with E-state index in [1.807, 2.05) is 24.3 Å². The van der Waals surface area contributed by atoms with E-state index in [1.54, 1.807) is 11.0 Å². The Morgan fingerprint density at radius 1 is 1.03 bits per heavy atom. The van der Waals surface area contributed by atoms with Crippen molar-refractivity contribution < 1.29 is 4.79 Å². The predicted molar refractivity (Wildman–Crippen MR) is 110 cm³/mol. The molecule has 5 rings (SSSR count). The zero-order valence-corrected chi connectivity index (χ0v) is 16.0. The van der Waals surface area contributed by atoms with E-state index in [0.717, 1.165) is 18.8 Å². The van der Waals surface area contributed by atoms with Crippen LogP contribution in [0.25, 0.3) is 16.6 Å². The third kappa shape index (κ3) is 2.93. The molecule has 0 bridgehead atoms. The van der Waals surface area contributed by atoms with Gasteiger partial charge in [-0.3, -0.25) is 9.59 Å². The van der Waals surface area contributed by atoms with E-state index in [1.165, 1.54) is 10.1 Å². The number of aromatic nitrogens is 4. The third-order valence-electron chi connectivity index (χ3n) is 5.40. The molecule has 1 N–H and O–H groups in total. The quantitative estimate of drug-likeness (QED) is 0.566. The molecule has 146 valence electrons. The molecule has 2 aromatic carbocycles. The summed E-state index contributed by atoms with van der Waals surface area (Å²) in [6, 6.07) is 15.7. The number of benzene rings is 2. The van der Waals surface area contributed by atoms with Crippen molar-refractivity contribution in [2.45, 2.75) is 6.92 Å². The van der Waals surface area contributed by atoms with Crippen molar-refractivity contribution in [3.63, 3.8) is 0 Å². The maximum Gasteiger partial charge on any atom is 0.277 e. The molecule has 0 spiro atoms. The van der Waals surface area contributed by atoms with Crippen LogP contribution in [0.3, 0.4) is 0 Å². The second-order valence-corrected chi connectivity index (χ2v) is 7.29. The van der Waals surface area contributed by atoms with Gasteiger partial charge in [-0.2, -0.15) is 0 Å². The number of carbonyl (C=O) groups is 1. The second-order valence-electron chi connectivity index (χ2n) is 7.29. The maximum absolute atomic E-state index is 13.1. The summed E-state index contributed by atoms with van der Waals surface area (Å²) in [5.41, 5.74) is 3.65. The molecule has 8 nitrogen and oxygen atoms in total. The average molecular weight is 388 g/mol. The van der Waals surface area contributed by atoms with Crippen LogP contribution in [0.15, 0.2) is 53.3 Å². The molecule has 1 saturated heterocycles. The number of hydrogen-bond donors (Lipinski definition) is 1. The SMILES string of the molecule is Cc1cccc(N2CCN(C(=O)c3nnn4c3c(=O)[nH]c3ccccc34)CC2)c1. The Labute approximate surface area is 166 Å². The van der Waals surface area contributed by atoms with Gasteiger partial charge < -0.3 is 14.8 Å². The van der Waals surface area contributed by atoms with Crippen LogP contribution < -0.4 is 10.5 Å². The molecule has 0 unspecified atom stereocenters. The van der Waals surface area contributed by atoms with Crippen LogP contribution in [0, 0.1) is 6.92 Å². The van der Waals surface area contributed by atoms with Gasteiger partial charge in [0, 0.05) is 31.9 Å². The predicted octanol–water partition coefficient (Wildman–Crippen LogP) is 1.84. The number of rotatable bonds is 2. The van der Waals surface area contributed by atoms with Gasteiger partial charge in [0.1, 0.15) is 0 Å². The fourth-order valence-corrected chi connectivity index (χ4v) is 3.89. The van der Waals surface area contributed by atoms with Gasteiger partial charge >= 0.3 is 0 Å². The smallest absolute Gasteiger partial charge is 0.277 e. The lowest BCUT2D eigenvalue weighted by molar-refractivity contribution is 0.0742. The Hall–Kier alpha value is -3.68. The van der Waals surface area contributed by atoms with E-state index in [-0.39, 0.29) is 22.7 Å². The molecule has 1 aliphatic rings. The number of amides is 1. The standard InChI is InChI=1S/C21H20N6O2/c1-14-5-4-6-15(13-14)25-9-11-26(12-10-25)21(29)18-19-20(28)22-16-7-2-3-8-17(16)27(19)24-23-18/h2-8,13H,9-12H2,1H3,(H,22,28). The van der Waals surface area contributed by atoms with Crippen LogP contribution in [0.2, 0.25) is 0 Å². The van der Waals surface area contributed by atoms with Gasteiger partial charge in [-0.25, -0.2) is 4.52 Å². The van der Waals surface area contributed by atoms with Gasteiger partial charge in [-0.15, -0.1) is 5.10 Å². The molecule has 3 heterocycles. The molecular formula is C21H20N6O2. The van der Waals surface area contributed by atoms with Crippen LogP contribution in [-0.2, 0) is 0 Å². The molecule has 8 heteroatoms. The van der Waals surface area contributed by atoms with Crippen molar-refractivity contribution in [2.24, 2.45) is 0 Å². The average Bonchev–Trinajstić information content (AvgIpc) is 3.20. The number of hydrogen-bond acceptors (Lipinski definition) is 5. The largest absolute Gasteiger partial charge is 0.368 e. The van der Waals surface area contributed by atoms with Gasteiger partial charge in [0.05, 0.1) is 11.0 Å². The minimum Gasteiger partial charge on any atom is -0.368 e. The van der Waals surface area contributed by atoms with Crippen LogP contribution in [0.4, 0.5) is 5.69 Å². The van der Waals surface area contributed by atoms with Crippen LogP contribution in [0.1, 0.15) is 16.1 Å². The normalized spacial score (nSPS) is 14.7. The summed E-state index contributed by atoms with van der Waals surface area (Å²) in [5.74, 6) is -0.260. The summed E-state index contributed by atoms with van der Waals surface area (Å²) in [5, 5.41) is 8.14. The van der Waals surface area contributed by atoms with E-state index >= 15 is 0 Å². The zero-order valence-electron chi connectivity index (χ0n) is 16.0. The summed E-state index contributed by atoms with van der Waals surface area (Å²) in [6.07, 6.45) is 0. The van der Waals surface area contributed by atoms with Gasteiger partial charge in [-0.1, -0.05) is 29.5 Å². The topological polar surface area (TPSA) is 86.6 Å². The Morgan fingerprint density at radius 2 is 1.83 bits per heavy atom. The highest BCUT2D eigenvalue weighted by Crippen LogP contribution is 2.19. The van der Waals surface area contributed by atoms with Gasteiger partial charge in [0.25, 0.3) is 11.5 Å². The summed E-state index contributed by atoms with van der Waals surface area (Å²) in [4.78, 5) is 32.5. The second kappa shape index (κ2) is 6.73. The molecule has 1 aliphatic heterocycles. The molecule has 4 aromatic rings. The Bertz CT molecular complexity index is 1280. The summed E-state index contributed by atoms with van der Waals surface area (Å²) in [6.45, 7) is 4.66. The monoisotopic (exact) mass is 388 g/mol. The summed E-state index contributed by atoms with van der Waals surface area (Å²) >= 11 is 0. The molecule has 0 saturated carbocycles. The van der Waals surface area contributed by atoms with Crippen LogP contribution >= 0.6 is 0 Å². The molecule has 2 aromatic heterocycles. The summed E-state index contributed by atoms with van der Waals surface area (Å²) < 4.78 is 1.45. The number of piperazine rings is 1. The highest BCUT2D eigenvalue weighted by atomic mass is 16.2. The van der Waals surface area contributed by atoms with Crippen molar-refractivity contribution in [3.05, 3.63) is 70.1 Å². The number of fused-ring (bicyclic) bond motifs is 3. The maximum atomic E-state index is 13.1. The van der Waals surface area contributed by atoms with Crippen molar-refractivity contribution in [2.75, 3.05) is 31.1 Å². The number of para-hydroxylation sites is 2. The lowest BCUT2D eigenvalue weighted by Crippen LogP contribution is -2.49. The van der Waals surface area contributed by atoms with Crippen molar-refractivity contribution in [1.82, 2.24) is 24.7 Å². The van der Waals surface area contributed by atoms with E-state index < -0.39 is 0 Å². The number of anilines is 1. The highest BCUT2D eigenvalue weighted by molar-refractivity contribution is 5.99. The molecule has 0 aliphatic carbocycles. The first kappa shape index (κ1) is 17.4. The number of carbonyl (C=O) groups excluding carboxylic acids is 1. The van der Waals surface area contributed by atoms with Crippen LogP contribution in [0.5, 0.6) is 0 Å². The number of H-pyrrole nitrogens is 1. The number of nitrogens with one attached hydrogen (secondary N) is 1. The molecule has 29 heavy (non-hydrogen) atoms. The first-order valence-corrected chi connectivity index (χ1v) is 9.59. The zero-order chi connectivity index (χ0) is 20.0. The van der Waals surface area contributed by atoms with Crippen molar-refractivity contribution in [3.8, 4) is 0 Å². The fourth-order valence-electron chi connectivity index (χ4n) is 3.89. The van der Waals surface area contributed by atoms with Crippen molar-refractivity contribution in [1.29, 1.82) is 0 Å². The first-order chi connectivity index (χ1) is 14.1. The molecule has 0 atom stereocenters. The molecule has 1 fully saturated rings. The molecule has 0 radical (unpaired) electrons. The lowest BCUT2D eigenvalue weighted by atomic mass is 10.2. The van der Waals surface area contributed by atoms with Gasteiger partial charge in [-0.05, 0) is 36.8 Å². The Kier molecular flexibility index (Phi) is 4.04. The van der Waals surface area contributed by atoms with E-state index in [2.05, 4.69) is 45.3 Å². The Balaban J connectivity index is 1.42. The minimum absolute atomic E-state index is 0.0982. The number of nitrogens with zero attached hydrogens (tertiary/aromatic N) is 5. The number of aromatic amines is 1. The first-order valence-electron chi connectivity index (χ1n) is 9.59. The van der Waals surface area contributed by atoms with Gasteiger partial charge in [0.15, 0.2) is 11.2 Å². The van der Waals surface area contributed by atoms with Crippen molar-refractivity contribution >= 4 is 28.1 Å². The van der Waals surface area contributed by atoms with Crippen LogP contribution in [-0.4, -0.2) is 56.8 Å². The van der Waals surface area contributed by atoms with Gasteiger partial charge in [0.2, 0.25) is 0 Å². The molecule has 1 amide bonds. The lowest BCUT2D eigenvalue weighted by Gasteiger charge is -2.35. The third-order valence-corrected chi connectivity index (χ3v) is 5.40. The Morgan fingerprint density at radius 3 is 2.62 bits per heavy atom. The molecular weight excluding hydrogens is 368 g/mol. The number of aryl methyl sites for hydroxylation is 1. The highest BCUT2D eigenvalue weighted by Gasteiger charge is 2.27. The van der Waals surface area contributed by atoms with E-state index in [9.17, 15) is 9.59 Å². The fraction of sp³-hybridized carbons (Fsp3) is 0.238. The van der Waals surface area contributed by atoms with E-state index in [0.29, 0.717) is 24.1 Å². The summed E-state index contributed by atoms with van der Waals surface area (Å²) in [7, 11) is 0. The van der Waals surface area contributed by atoms with E-state index in [4.69, 9.17) is 0 Å².